The fourth-order valence-corrected chi connectivity index (χ4v) is 5.94. The van der Waals surface area contributed by atoms with Gasteiger partial charge in [0.2, 0.25) is 11.4 Å². The summed E-state index contributed by atoms with van der Waals surface area (Å²) in [5, 5.41) is 24.2. The Bertz CT molecular complexity index is 660. The van der Waals surface area contributed by atoms with Gasteiger partial charge in [0, 0.05) is 11.8 Å². The normalized spacial score (nSPS) is 40.3. The zero-order valence-electron chi connectivity index (χ0n) is 14.8. The number of esters is 1. The summed E-state index contributed by atoms with van der Waals surface area (Å²) >= 11 is 5.83. The van der Waals surface area contributed by atoms with Crippen molar-refractivity contribution in [1.82, 2.24) is 5.32 Å². The average Bonchev–Trinajstić information content (AvgIpc) is 2.86. The lowest BCUT2D eigenvalue weighted by Crippen LogP contribution is -2.82. The molecule has 1 amide bonds. The van der Waals surface area contributed by atoms with Gasteiger partial charge in [0.15, 0.2) is 5.60 Å². The highest BCUT2D eigenvalue weighted by molar-refractivity contribution is 6.18. The molecule has 2 saturated heterocycles. The number of carbonyl (C=O) groups excluding carboxylic acids is 2. The Morgan fingerprint density at radius 3 is 2.65 bits per heavy atom. The maximum Gasteiger partial charge on any atom is 0.339 e. The van der Waals surface area contributed by atoms with Crippen LogP contribution in [-0.4, -0.2) is 51.8 Å². The number of aliphatic hydroxyl groups is 2. The van der Waals surface area contributed by atoms with Crippen LogP contribution >= 0.6 is 11.6 Å². The van der Waals surface area contributed by atoms with Crippen LogP contribution < -0.4 is 5.32 Å². The van der Waals surface area contributed by atoms with Gasteiger partial charge in [-0.1, -0.05) is 11.1 Å². The van der Waals surface area contributed by atoms with E-state index in [1.165, 1.54) is 17.6 Å². The number of carbonyl (C=O) groups is 2. The van der Waals surface area contributed by atoms with Gasteiger partial charge < -0.3 is 20.3 Å². The van der Waals surface area contributed by atoms with Crippen molar-refractivity contribution >= 4 is 23.5 Å². The van der Waals surface area contributed by atoms with Gasteiger partial charge in [-0.3, -0.25) is 4.79 Å². The van der Waals surface area contributed by atoms with Crippen LogP contribution in [0.1, 0.15) is 51.4 Å². The largest absolute Gasteiger partial charge is 0.451 e. The van der Waals surface area contributed by atoms with E-state index in [1.807, 2.05) is 0 Å². The highest BCUT2D eigenvalue weighted by atomic mass is 35.5. The first-order valence-corrected chi connectivity index (χ1v) is 10.2. The number of rotatable bonds is 5. The Morgan fingerprint density at radius 1 is 1.23 bits per heavy atom. The summed E-state index contributed by atoms with van der Waals surface area (Å²) in [4.78, 5) is 25.2. The van der Waals surface area contributed by atoms with Crippen molar-refractivity contribution in [3.63, 3.8) is 0 Å². The van der Waals surface area contributed by atoms with Crippen molar-refractivity contribution in [2.24, 2.45) is 11.8 Å². The third-order valence-electron chi connectivity index (χ3n) is 6.99. The number of halogens is 1. The molecule has 144 valence electrons. The summed E-state index contributed by atoms with van der Waals surface area (Å²) in [5.41, 5.74) is -0.312. The second-order valence-electron chi connectivity index (χ2n) is 8.04. The lowest BCUT2D eigenvalue weighted by molar-refractivity contribution is -0.252. The highest BCUT2D eigenvalue weighted by Gasteiger charge is 2.81. The molecule has 3 unspecified atom stereocenters. The maximum atomic E-state index is 12.6. The molecule has 2 fully saturated rings. The van der Waals surface area contributed by atoms with E-state index in [2.05, 4.69) is 5.32 Å². The monoisotopic (exact) mass is 383 g/mol. The van der Waals surface area contributed by atoms with Crippen molar-refractivity contribution in [3.8, 4) is 0 Å². The predicted molar refractivity (Wildman–Crippen MR) is 94.5 cm³/mol. The Balaban J connectivity index is 1.73. The molecule has 4 rings (SSSR count). The molecule has 0 aromatic heterocycles. The van der Waals surface area contributed by atoms with Gasteiger partial charge in [0.25, 0.3) is 0 Å². The van der Waals surface area contributed by atoms with E-state index in [4.69, 9.17) is 16.3 Å². The summed E-state index contributed by atoms with van der Waals surface area (Å²) in [7, 11) is 0. The van der Waals surface area contributed by atoms with E-state index in [0.717, 1.165) is 38.5 Å². The molecule has 4 aliphatic rings. The first kappa shape index (κ1) is 18.3. The average molecular weight is 384 g/mol. The minimum absolute atomic E-state index is 0.173. The fourth-order valence-electron chi connectivity index (χ4n) is 5.72. The molecule has 6 nitrogen and oxygen atoms in total. The molecule has 0 aromatic rings. The second-order valence-corrected chi connectivity index (χ2v) is 8.42. The number of allylic oxidation sites excluding steroid dienone is 1. The number of hydrogen-bond acceptors (Lipinski definition) is 5. The summed E-state index contributed by atoms with van der Waals surface area (Å²) in [6.45, 7) is -0.505. The minimum atomic E-state index is -1.56. The third kappa shape index (κ3) is 2.18. The van der Waals surface area contributed by atoms with E-state index < -0.39 is 35.7 Å². The molecule has 0 radical (unpaired) electrons. The van der Waals surface area contributed by atoms with Crippen LogP contribution in [0.4, 0.5) is 0 Å². The summed E-state index contributed by atoms with van der Waals surface area (Å²) < 4.78 is 5.38. The van der Waals surface area contributed by atoms with Gasteiger partial charge in [0.05, 0.1) is 18.6 Å². The Labute approximate surface area is 157 Å². The lowest BCUT2D eigenvalue weighted by atomic mass is 9.61. The molecule has 2 aliphatic heterocycles. The van der Waals surface area contributed by atoms with Gasteiger partial charge >= 0.3 is 5.97 Å². The molecule has 7 heteroatoms. The van der Waals surface area contributed by atoms with E-state index in [9.17, 15) is 19.8 Å². The Morgan fingerprint density at radius 2 is 1.96 bits per heavy atom. The van der Waals surface area contributed by atoms with Gasteiger partial charge in [-0.2, -0.15) is 0 Å². The van der Waals surface area contributed by atoms with Crippen LogP contribution in [0.15, 0.2) is 11.1 Å². The molecule has 2 heterocycles. The molecular weight excluding hydrogens is 358 g/mol. The smallest absolute Gasteiger partial charge is 0.339 e. The number of hydrogen-bond donors (Lipinski definition) is 3. The van der Waals surface area contributed by atoms with Gasteiger partial charge in [0.1, 0.15) is 0 Å². The number of ether oxygens (including phenoxy) is 1. The van der Waals surface area contributed by atoms with Gasteiger partial charge in [-0.05, 0) is 51.4 Å². The molecule has 0 spiro atoms. The highest BCUT2D eigenvalue weighted by Crippen LogP contribution is 2.55. The summed E-state index contributed by atoms with van der Waals surface area (Å²) in [5.74, 6) is -1.72. The second kappa shape index (κ2) is 6.50. The first-order valence-electron chi connectivity index (χ1n) is 9.63. The zero-order valence-corrected chi connectivity index (χ0v) is 15.6. The first-order chi connectivity index (χ1) is 12.5. The van der Waals surface area contributed by atoms with Crippen LogP contribution in [-0.2, 0) is 14.3 Å². The minimum Gasteiger partial charge on any atom is -0.451 e. The summed E-state index contributed by atoms with van der Waals surface area (Å²) in [6, 6.07) is 0. The summed E-state index contributed by atoms with van der Waals surface area (Å²) in [6.07, 6.45) is 6.26. The lowest BCUT2D eigenvalue weighted by Gasteiger charge is -2.56. The van der Waals surface area contributed by atoms with Crippen LogP contribution in [0.25, 0.3) is 0 Å². The van der Waals surface area contributed by atoms with Gasteiger partial charge in [-0.15, -0.1) is 11.6 Å². The molecule has 0 bridgehead atoms. The maximum absolute atomic E-state index is 12.6. The van der Waals surface area contributed by atoms with E-state index in [-0.39, 0.29) is 24.1 Å². The predicted octanol–water partition coefficient (Wildman–Crippen LogP) is 1.42. The van der Waals surface area contributed by atoms with Crippen molar-refractivity contribution in [2.45, 2.75) is 68.6 Å². The Hall–Kier alpha value is -1.11. The molecule has 3 N–H and O–H groups in total. The zero-order chi connectivity index (χ0) is 18.5. The molecule has 0 aromatic carbocycles. The van der Waals surface area contributed by atoms with Crippen LogP contribution in [0.3, 0.4) is 0 Å². The number of amides is 1. The number of fused-ring (bicyclic) bond motifs is 1. The topological polar surface area (TPSA) is 95.9 Å². The van der Waals surface area contributed by atoms with Crippen molar-refractivity contribution in [1.29, 1.82) is 0 Å². The van der Waals surface area contributed by atoms with Crippen molar-refractivity contribution < 1.29 is 24.5 Å². The molecular formula is C19H26ClNO5. The third-order valence-corrected chi connectivity index (χ3v) is 7.21. The number of nitrogens with one attached hydrogen (secondary N) is 1. The van der Waals surface area contributed by atoms with Crippen molar-refractivity contribution in [3.05, 3.63) is 11.1 Å². The molecule has 26 heavy (non-hydrogen) atoms. The quantitative estimate of drug-likeness (QED) is 0.379. The molecule has 2 aliphatic carbocycles. The molecule has 5 atom stereocenters. The fraction of sp³-hybridized carbons (Fsp3) is 0.789. The molecule has 0 saturated carbocycles. The van der Waals surface area contributed by atoms with E-state index >= 15 is 0 Å². The SMILES string of the molecule is O=C1NC2([C@@H](O)C3CCCC4=C3CCCC4)C(=O)OC2(CO)[C@H]1CCCl. The number of aliphatic hydroxyl groups excluding tert-OH is 2. The van der Waals surface area contributed by atoms with Crippen molar-refractivity contribution in [2.75, 3.05) is 12.5 Å². The Kier molecular flexibility index (Phi) is 4.56. The van der Waals surface area contributed by atoms with Crippen LogP contribution in [0.2, 0.25) is 0 Å². The van der Waals surface area contributed by atoms with Crippen LogP contribution in [0.5, 0.6) is 0 Å². The van der Waals surface area contributed by atoms with Gasteiger partial charge in [-0.25, -0.2) is 4.79 Å². The number of alkyl halides is 1. The standard InChI is InChI=1S/C19H26ClNO5/c20-9-8-14-16(24)21-19(17(25)26-18(14,19)10-22)15(23)13-7-3-5-11-4-1-2-6-12(11)13/h13-15,22-23H,1-10H2,(H,21,24)/t13?,14-,15-,18?,19?/m0/s1. The van der Waals surface area contributed by atoms with E-state index in [0.29, 0.717) is 0 Å². The van der Waals surface area contributed by atoms with Crippen LogP contribution in [0, 0.1) is 11.8 Å². The van der Waals surface area contributed by atoms with E-state index in [1.54, 1.807) is 0 Å².